The molecule has 0 radical (unpaired) electrons. The number of hydrogen-bond donors (Lipinski definition) is 0. The molecule has 0 bridgehead atoms. The van der Waals surface area contributed by atoms with E-state index in [1.807, 2.05) is 6.92 Å². The number of rotatable bonds is 4. The van der Waals surface area contributed by atoms with Crippen LogP contribution in [0.1, 0.15) is 26.7 Å². The summed E-state index contributed by atoms with van der Waals surface area (Å²) < 4.78 is 5.07. The van der Waals surface area contributed by atoms with Crippen LogP contribution in [0.2, 0.25) is 0 Å². The van der Waals surface area contributed by atoms with Crippen molar-refractivity contribution in [3.05, 3.63) is 0 Å². The highest BCUT2D eigenvalue weighted by molar-refractivity contribution is 5.75. The molecule has 0 spiro atoms. The van der Waals surface area contributed by atoms with Crippen molar-refractivity contribution < 1.29 is 4.74 Å². The van der Waals surface area contributed by atoms with Crippen LogP contribution in [0.25, 0.3) is 0 Å². The van der Waals surface area contributed by atoms with Gasteiger partial charge in [-0.25, -0.2) is 0 Å². The molecular weight excluding hydrogens is 115 g/mol. The van der Waals surface area contributed by atoms with Crippen molar-refractivity contribution in [1.82, 2.24) is 0 Å². The fourth-order valence-electron chi connectivity index (χ4n) is 0.391. The Morgan fingerprint density at radius 1 is 1.25 bits per heavy atom. The molecule has 0 aliphatic heterocycles. The first-order chi connectivity index (χ1) is 3.41. The Hall–Kier alpha value is 0.492. The third-order valence-corrected chi connectivity index (χ3v) is 0.846. The second-order valence-corrected chi connectivity index (χ2v) is 1.55. The minimum Gasteiger partial charge on any atom is -0.382 e. The number of unbranched alkanes of at least 4 members (excludes halogenated alkanes) is 1. The van der Waals surface area contributed by atoms with Gasteiger partial charge in [0.2, 0.25) is 0 Å². The Bertz CT molecular complexity index is 27.7. The van der Waals surface area contributed by atoms with Crippen LogP contribution >= 0.6 is 0 Å². The van der Waals surface area contributed by atoms with Gasteiger partial charge in [-0.1, -0.05) is 13.3 Å². The van der Waals surface area contributed by atoms with Crippen LogP contribution in [-0.2, 0) is 4.74 Å². The summed E-state index contributed by atoms with van der Waals surface area (Å²) in [7, 11) is 0. The first-order valence-corrected chi connectivity index (χ1v) is 2.99. The molecule has 0 unspecified atom stereocenters. The molecule has 1 nitrogen and oxygen atoms in total. The van der Waals surface area contributed by atoms with E-state index in [0.29, 0.717) is 0 Å². The van der Waals surface area contributed by atoms with E-state index in [-0.39, 0.29) is 17.4 Å². The number of ether oxygens (including phenoxy) is 1. The fourth-order valence-corrected chi connectivity index (χ4v) is 0.391. The predicted molar refractivity (Wildman–Crippen MR) is 41.3 cm³/mol. The molecule has 50 valence electrons. The highest BCUT2D eigenvalue weighted by Crippen LogP contribution is 1.85. The third-order valence-electron chi connectivity index (χ3n) is 0.846. The molecule has 0 fully saturated rings. The standard InChI is InChI=1S/C6H14O.Al.3H/c1-3-5-6-7-4-2;;;;/h3-6H2,1-2H3;;;;. The van der Waals surface area contributed by atoms with Crippen molar-refractivity contribution in [2.24, 2.45) is 0 Å². The van der Waals surface area contributed by atoms with E-state index in [1.54, 1.807) is 0 Å². The maximum Gasteiger partial charge on any atom is 0.187 e. The Balaban J connectivity index is 0. The molecule has 0 aromatic carbocycles. The molecule has 0 atom stereocenters. The zero-order valence-corrected chi connectivity index (χ0v) is 5.24. The first kappa shape index (κ1) is 11.3. The molecular formula is C6H17AlO. The lowest BCUT2D eigenvalue weighted by molar-refractivity contribution is 0.144. The van der Waals surface area contributed by atoms with Crippen LogP contribution in [0.5, 0.6) is 0 Å². The molecule has 2 heteroatoms. The van der Waals surface area contributed by atoms with E-state index in [2.05, 4.69) is 6.92 Å². The summed E-state index contributed by atoms with van der Waals surface area (Å²) in [5.41, 5.74) is 0. The highest BCUT2D eigenvalue weighted by Gasteiger charge is 1.78. The lowest BCUT2D eigenvalue weighted by Gasteiger charge is -1.94. The molecule has 0 aliphatic rings. The van der Waals surface area contributed by atoms with Crippen LogP contribution in [0.3, 0.4) is 0 Å². The van der Waals surface area contributed by atoms with Gasteiger partial charge in [-0.15, -0.1) is 0 Å². The Labute approximate surface area is 62.6 Å². The summed E-state index contributed by atoms with van der Waals surface area (Å²) in [6.45, 7) is 5.99. The summed E-state index contributed by atoms with van der Waals surface area (Å²) >= 11 is 0. The molecule has 0 rings (SSSR count). The van der Waals surface area contributed by atoms with Crippen molar-refractivity contribution in [3.8, 4) is 0 Å². The molecule has 0 heterocycles. The predicted octanol–water partition coefficient (Wildman–Crippen LogP) is 0.639. The highest BCUT2D eigenvalue weighted by atomic mass is 27.0. The first-order valence-electron chi connectivity index (χ1n) is 2.99. The van der Waals surface area contributed by atoms with Crippen LogP contribution in [0.4, 0.5) is 0 Å². The van der Waals surface area contributed by atoms with E-state index in [0.717, 1.165) is 13.2 Å². The Kier molecular flexibility index (Phi) is 14.8. The summed E-state index contributed by atoms with van der Waals surface area (Å²) in [4.78, 5) is 0. The molecule has 0 aromatic rings. The van der Waals surface area contributed by atoms with Crippen LogP contribution in [-0.4, -0.2) is 30.6 Å². The molecule has 0 aliphatic carbocycles. The van der Waals surface area contributed by atoms with E-state index in [9.17, 15) is 0 Å². The molecule has 8 heavy (non-hydrogen) atoms. The van der Waals surface area contributed by atoms with E-state index in [1.165, 1.54) is 12.8 Å². The SMILES string of the molecule is CCCCOCC.[AlH3]. The lowest BCUT2D eigenvalue weighted by Crippen LogP contribution is -1.90. The fraction of sp³-hybridized carbons (Fsp3) is 1.00. The Morgan fingerprint density at radius 3 is 2.25 bits per heavy atom. The van der Waals surface area contributed by atoms with Gasteiger partial charge in [0.25, 0.3) is 0 Å². The minimum absolute atomic E-state index is 0. The van der Waals surface area contributed by atoms with Gasteiger partial charge in [0.05, 0.1) is 0 Å². The van der Waals surface area contributed by atoms with Crippen LogP contribution in [0.15, 0.2) is 0 Å². The monoisotopic (exact) mass is 132 g/mol. The van der Waals surface area contributed by atoms with Crippen LogP contribution < -0.4 is 0 Å². The normalized spacial score (nSPS) is 8.25. The summed E-state index contributed by atoms with van der Waals surface area (Å²) in [6.07, 6.45) is 2.44. The second-order valence-electron chi connectivity index (χ2n) is 1.55. The largest absolute Gasteiger partial charge is 0.382 e. The molecule has 0 saturated heterocycles. The summed E-state index contributed by atoms with van der Waals surface area (Å²) in [5.74, 6) is 0. The molecule has 0 aromatic heterocycles. The summed E-state index contributed by atoms with van der Waals surface area (Å²) in [5, 5.41) is 0. The van der Waals surface area contributed by atoms with E-state index < -0.39 is 0 Å². The minimum atomic E-state index is 0. The van der Waals surface area contributed by atoms with Gasteiger partial charge in [0, 0.05) is 13.2 Å². The van der Waals surface area contributed by atoms with Crippen molar-refractivity contribution in [2.45, 2.75) is 26.7 Å². The maximum atomic E-state index is 5.07. The lowest BCUT2D eigenvalue weighted by atomic mass is 10.4. The van der Waals surface area contributed by atoms with Crippen molar-refractivity contribution in [3.63, 3.8) is 0 Å². The quantitative estimate of drug-likeness (QED) is 0.403. The van der Waals surface area contributed by atoms with Gasteiger partial charge < -0.3 is 4.74 Å². The summed E-state index contributed by atoms with van der Waals surface area (Å²) in [6, 6.07) is 0. The topological polar surface area (TPSA) is 9.23 Å². The van der Waals surface area contributed by atoms with Gasteiger partial charge in [-0.05, 0) is 13.3 Å². The maximum absolute atomic E-state index is 5.07. The van der Waals surface area contributed by atoms with Gasteiger partial charge in [0.15, 0.2) is 17.4 Å². The van der Waals surface area contributed by atoms with E-state index >= 15 is 0 Å². The molecule has 0 N–H and O–H groups in total. The van der Waals surface area contributed by atoms with Gasteiger partial charge in [-0.3, -0.25) is 0 Å². The molecule has 0 amide bonds. The zero-order chi connectivity index (χ0) is 5.54. The van der Waals surface area contributed by atoms with Crippen molar-refractivity contribution in [2.75, 3.05) is 13.2 Å². The zero-order valence-electron chi connectivity index (χ0n) is 5.24. The second kappa shape index (κ2) is 10.5. The average molecular weight is 132 g/mol. The van der Waals surface area contributed by atoms with Gasteiger partial charge >= 0.3 is 0 Å². The van der Waals surface area contributed by atoms with E-state index in [4.69, 9.17) is 4.74 Å². The smallest absolute Gasteiger partial charge is 0.187 e. The third kappa shape index (κ3) is 9.70. The van der Waals surface area contributed by atoms with Gasteiger partial charge in [0.1, 0.15) is 0 Å². The average Bonchev–Trinajstić information content (AvgIpc) is 1.69. The molecule has 0 saturated carbocycles. The Morgan fingerprint density at radius 2 is 1.88 bits per heavy atom. The van der Waals surface area contributed by atoms with Gasteiger partial charge in [-0.2, -0.15) is 0 Å². The van der Waals surface area contributed by atoms with Crippen molar-refractivity contribution >= 4 is 17.4 Å². The van der Waals surface area contributed by atoms with Crippen LogP contribution in [0, 0.1) is 0 Å². The number of hydrogen-bond acceptors (Lipinski definition) is 1. The van der Waals surface area contributed by atoms with Crippen molar-refractivity contribution in [1.29, 1.82) is 0 Å².